The fourth-order valence-corrected chi connectivity index (χ4v) is 0.813. The van der Waals surface area contributed by atoms with Gasteiger partial charge in [0.05, 0.1) is 12.7 Å². The van der Waals surface area contributed by atoms with Gasteiger partial charge in [0.15, 0.2) is 0 Å². The Bertz CT molecular complexity index is 193. The highest BCUT2D eigenvalue weighted by atomic mass is 16.4. The molecule has 4 N–H and O–H groups in total. The van der Waals surface area contributed by atoms with Crippen molar-refractivity contribution in [2.24, 2.45) is 0 Å². The van der Waals surface area contributed by atoms with E-state index < -0.39 is 30.6 Å². The van der Waals surface area contributed by atoms with E-state index in [0.717, 1.165) is 0 Å². The molecule has 0 heterocycles. The van der Waals surface area contributed by atoms with Crippen LogP contribution < -0.4 is 5.32 Å². The van der Waals surface area contributed by atoms with Crippen LogP contribution in [0.15, 0.2) is 0 Å². The fourth-order valence-electron chi connectivity index (χ4n) is 0.813. The lowest BCUT2D eigenvalue weighted by Crippen LogP contribution is -2.42. The summed E-state index contributed by atoms with van der Waals surface area (Å²) in [6.07, 6.45) is -1.33. The molecule has 0 aromatic carbocycles. The number of carbonyl (C=O) groups excluding carboxylic acids is 1. The van der Waals surface area contributed by atoms with Gasteiger partial charge in [0.1, 0.15) is 6.04 Å². The Morgan fingerprint density at radius 1 is 1.46 bits per heavy atom. The first-order valence-electron chi connectivity index (χ1n) is 3.76. The SMILES string of the molecule is CC(=O)NC(CC(O)CO)C(=O)O. The molecule has 6 nitrogen and oxygen atoms in total. The fraction of sp³-hybridized carbons (Fsp3) is 0.714. The number of nitrogens with one attached hydrogen (secondary N) is 1. The predicted octanol–water partition coefficient (Wildman–Crippen LogP) is -1.68. The molecule has 1 amide bonds. The monoisotopic (exact) mass is 191 g/mol. The quantitative estimate of drug-likeness (QED) is 0.415. The van der Waals surface area contributed by atoms with Crippen LogP contribution in [0.2, 0.25) is 0 Å². The molecule has 0 bridgehead atoms. The van der Waals surface area contributed by atoms with Crippen molar-refractivity contribution in [3.63, 3.8) is 0 Å². The largest absolute Gasteiger partial charge is 0.480 e. The molecule has 0 aromatic rings. The Kier molecular flexibility index (Phi) is 5.01. The second-order valence-electron chi connectivity index (χ2n) is 2.66. The highest BCUT2D eigenvalue weighted by molar-refractivity contribution is 5.82. The summed E-state index contributed by atoms with van der Waals surface area (Å²) in [6.45, 7) is 0.657. The molecule has 6 heteroatoms. The van der Waals surface area contributed by atoms with E-state index in [-0.39, 0.29) is 6.42 Å². The van der Waals surface area contributed by atoms with Crippen LogP contribution in [0.3, 0.4) is 0 Å². The van der Waals surface area contributed by atoms with Crippen LogP contribution >= 0.6 is 0 Å². The van der Waals surface area contributed by atoms with E-state index in [1.54, 1.807) is 0 Å². The second-order valence-corrected chi connectivity index (χ2v) is 2.66. The number of carboxylic acids is 1. The topological polar surface area (TPSA) is 107 Å². The highest BCUT2D eigenvalue weighted by Crippen LogP contribution is 1.98. The van der Waals surface area contributed by atoms with Crippen LogP contribution in [0.25, 0.3) is 0 Å². The van der Waals surface area contributed by atoms with Crippen molar-refractivity contribution < 1.29 is 24.9 Å². The molecule has 0 spiro atoms. The predicted molar refractivity (Wildman–Crippen MR) is 43.0 cm³/mol. The molecule has 0 aliphatic rings. The molecule has 0 saturated heterocycles. The van der Waals surface area contributed by atoms with Gasteiger partial charge in [0, 0.05) is 13.3 Å². The van der Waals surface area contributed by atoms with Gasteiger partial charge in [-0.15, -0.1) is 0 Å². The zero-order valence-electron chi connectivity index (χ0n) is 7.23. The van der Waals surface area contributed by atoms with Gasteiger partial charge < -0.3 is 20.6 Å². The first kappa shape index (κ1) is 11.9. The molecule has 0 aliphatic carbocycles. The van der Waals surface area contributed by atoms with Crippen molar-refractivity contribution >= 4 is 11.9 Å². The first-order valence-corrected chi connectivity index (χ1v) is 3.76. The summed E-state index contributed by atoms with van der Waals surface area (Å²) in [6, 6.07) is -1.15. The Morgan fingerprint density at radius 3 is 2.31 bits per heavy atom. The van der Waals surface area contributed by atoms with E-state index >= 15 is 0 Å². The summed E-state index contributed by atoms with van der Waals surface area (Å²) in [5, 5.41) is 28.1. The number of aliphatic hydroxyl groups is 2. The van der Waals surface area contributed by atoms with Gasteiger partial charge in [-0.1, -0.05) is 0 Å². The zero-order valence-corrected chi connectivity index (χ0v) is 7.23. The average molecular weight is 191 g/mol. The van der Waals surface area contributed by atoms with Crippen molar-refractivity contribution in [3.05, 3.63) is 0 Å². The maximum absolute atomic E-state index is 10.5. The van der Waals surface area contributed by atoms with Crippen LogP contribution in [0.5, 0.6) is 0 Å². The lowest BCUT2D eigenvalue weighted by Gasteiger charge is -2.15. The third-order valence-corrected chi connectivity index (χ3v) is 1.39. The minimum atomic E-state index is -1.23. The second kappa shape index (κ2) is 5.50. The zero-order chi connectivity index (χ0) is 10.4. The van der Waals surface area contributed by atoms with Crippen molar-refractivity contribution in [3.8, 4) is 0 Å². The number of carbonyl (C=O) groups is 2. The standard InChI is InChI=1S/C7H13NO5/c1-4(10)8-6(7(12)13)2-5(11)3-9/h5-6,9,11H,2-3H2,1H3,(H,8,10)(H,12,13). The van der Waals surface area contributed by atoms with E-state index in [0.29, 0.717) is 0 Å². The van der Waals surface area contributed by atoms with Crippen LogP contribution in [0.4, 0.5) is 0 Å². The van der Waals surface area contributed by atoms with Crippen molar-refractivity contribution in [1.29, 1.82) is 0 Å². The molecule has 2 atom stereocenters. The van der Waals surface area contributed by atoms with Gasteiger partial charge >= 0.3 is 5.97 Å². The van der Waals surface area contributed by atoms with Crippen molar-refractivity contribution in [2.75, 3.05) is 6.61 Å². The lowest BCUT2D eigenvalue weighted by atomic mass is 10.1. The van der Waals surface area contributed by atoms with Gasteiger partial charge in [-0.3, -0.25) is 4.79 Å². The summed E-state index contributed by atoms with van der Waals surface area (Å²) in [7, 11) is 0. The summed E-state index contributed by atoms with van der Waals surface area (Å²) >= 11 is 0. The molecule has 0 radical (unpaired) electrons. The number of carboxylic acid groups (broad SMARTS) is 1. The minimum Gasteiger partial charge on any atom is -0.480 e. The summed E-state index contributed by atoms with van der Waals surface area (Å²) in [4.78, 5) is 21.0. The van der Waals surface area contributed by atoms with Crippen LogP contribution in [0.1, 0.15) is 13.3 Å². The number of aliphatic carboxylic acids is 1. The number of amides is 1. The maximum atomic E-state index is 10.5. The van der Waals surface area contributed by atoms with Gasteiger partial charge in [0.2, 0.25) is 5.91 Å². The van der Waals surface area contributed by atoms with E-state index in [1.807, 2.05) is 0 Å². The number of hydrogen-bond donors (Lipinski definition) is 4. The third-order valence-electron chi connectivity index (χ3n) is 1.39. The van der Waals surface area contributed by atoms with E-state index in [1.165, 1.54) is 6.92 Å². The summed E-state index contributed by atoms with van der Waals surface area (Å²) in [5.41, 5.74) is 0. The molecular formula is C7H13NO5. The van der Waals surface area contributed by atoms with Crippen molar-refractivity contribution in [1.82, 2.24) is 5.32 Å². The summed E-state index contributed by atoms with van der Waals surface area (Å²) < 4.78 is 0. The van der Waals surface area contributed by atoms with Gasteiger partial charge in [0.25, 0.3) is 0 Å². The maximum Gasteiger partial charge on any atom is 0.326 e. The Morgan fingerprint density at radius 2 is 2.00 bits per heavy atom. The highest BCUT2D eigenvalue weighted by Gasteiger charge is 2.21. The molecule has 0 aromatic heterocycles. The number of hydrogen-bond acceptors (Lipinski definition) is 4. The molecule has 76 valence electrons. The number of rotatable bonds is 5. The Labute approximate surface area is 75.2 Å². The van der Waals surface area contributed by atoms with Gasteiger partial charge in [-0.05, 0) is 0 Å². The average Bonchev–Trinajstić information content (AvgIpc) is 2.02. The third kappa shape index (κ3) is 5.15. The van der Waals surface area contributed by atoms with Gasteiger partial charge in [-0.2, -0.15) is 0 Å². The lowest BCUT2D eigenvalue weighted by molar-refractivity contribution is -0.142. The molecule has 0 rings (SSSR count). The Balaban J connectivity index is 4.10. The first-order chi connectivity index (χ1) is 5.97. The number of aliphatic hydroxyl groups excluding tert-OH is 2. The minimum absolute atomic E-state index is 0.203. The normalized spacial score (nSPS) is 14.7. The van der Waals surface area contributed by atoms with Crippen LogP contribution in [-0.4, -0.2) is 45.9 Å². The molecule has 0 saturated carbocycles. The molecule has 0 fully saturated rings. The van der Waals surface area contributed by atoms with E-state index in [4.69, 9.17) is 15.3 Å². The molecule has 0 aliphatic heterocycles. The van der Waals surface area contributed by atoms with Crippen molar-refractivity contribution in [2.45, 2.75) is 25.5 Å². The smallest absolute Gasteiger partial charge is 0.326 e. The molecular weight excluding hydrogens is 178 g/mol. The van der Waals surface area contributed by atoms with Crippen LogP contribution in [-0.2, 0) is 9.59 Å². The summed E-state index contributed by atoms with van der Waals surface area (Å²) in [5.74, 6) is -1.72. The Hall–Kier alpha value is -1.14. The van der Waals surface area contributed by atoms with E-state index in [9.17, 15) is 9.59 Å². The molecule has 2 unspecified atom stereocenters. The molecule has 13 heavy (non-hydrogen) atoms. The van der Waals surface area contributed by atoms with Gasteiger partial charge in [-0.25, -0.2) is 4.79 Å². The van der Waals surface area contributed by atoms with E-state index in [2.05, 4.69) is 5.32 Å². The van der Waals surface area contributed by atoms with Crippen LogP contribution in [0, 0.1) is 0 Å².